The zero-order chi connectivity index (χ0) is 14.8. The van der Waals surface area contributed by atoms with Gasteiger partial charge in [-0.05, 0) is 18.8 Å². The van der Waals surface area contributed by atoms with Gasteiger partial charge in [0.25, 0.3) is 0 Å². The van der Waals surface area contributed by atoms with E-state index in [9.17, 15) is 9.59 Å². The first kappa shape index (κ1) is 17.9. The lowest BCUT2D eigenvalue weighted by Crippen LogP contribution is -2.42. The van der Waals surface area contributed by atoms with Crippen LogP contribution in [0.25, 0.3) is 0 Å². The third-order valence-electron chi connectivity index (χ3n) is 2.91. The lowest BCUT2D eigenvalue weighted by molar-refractivity contribution is -0.122. The van der Waals surface area contributed by atoms with Crippen molar-refractivity contribution in [2.75, 3.05) is 19.6 Å². The Kier molecular flexibility index (Phi) is 9.21. The first-order valence-corrected chi connectivity index (χ1v) is 7.09. The van der Waals surface area contributed by atoms with Gasteiger partial charge < -0.3 is 16.0 Å². The summed E-state index contributed by atoms with van der Waals surface area (Å²) in [6.45, 7) is 11.7. The number of hydrogen-bond donors (Lipinski definition) is 3. The van der Waals surface area contributed by atoms with Crippen LogP contribution in [0.4, 0.5) is 0 Å². The van der Waals surface area contributed by atoms with Crippen molar-refractivity contribution >= 4 is 11.8 Å². The second-order valence-electron chi connectivity index (χ2n) is 5.72. The Morgan fingerprint density at radius 2 is 1.63 bits per heavy atom. The summed E-state index contributed by atoms with van der Waals surface area (Å²) >= 11 is 0. The highest BCUT2D eigenvalue weighted by Gasteiger charge is 2.10. The van der Waals surface area contributed by atoms with E-state index in [4.69, 9.17) is 0 Å². The van der Waals surface area contributed by atoms with Gasteiger partial charge in [0, 0.05) is 25.6 Å². The van der Waals surface area contributed by atoms with Gasteiger partial charge >= 0.3 is 0 Å². The molecule has 0 aromatic carbocycles. The molecule has 0 bridgehead atoms. The van der Waals surface area contributed by atoms with Crippen LogP contribution in [0.1, 0.15) is 41.0 Å². The normalized spacial score (nSPS) is 12.6. The van der Waals surface area contributed by atoms with Crippen LogP contribution in [0.2, 0.25) is 0 Å². The second kappa shape index (κ2) is 9.78. The minimum absolute atomic E-state index is 0.0243. The Morgan fingerprint density at radius 1 is 1.00 bits per heavy atom. The summed E-state index contributed by atoms with van der Waals surface area (Å²) in [6, 6.07) is 0.170. The number of amides is 2. The smallest absolute Gasteiger partial charge is 0.234 e. The van der Waals surface area contributed by atoms with E-state index in [-0.39, 0.29) is 24.4 Å². The zero-order valence-electron chi connectivity index (χ0n) is 12.9. The number of carbonyl (C=O) groups is 2. The van der Waals surface area contributed by atoms with Crippen molar-refractivity contribution in [3.05, 3.63) is 0 Å². The molecule has 2 amide bonds. The molecule has 1 atom stereocenters. The van der Waals surface area contributed by atoms with Crippen LogP contribution in [-0.2, 0) is 9.59 Å². The Balaban J connectivity index is 3.58. The van der Waals surface area contributed by atoms with Crippen LogP contribution in [0.15, 0.2) is 0 Å². The summed E-state index contributed by atoms with van der Waals surface area (Å²) in [7, 11) is 0. The van der Waals surface area contributed by atoms with Crippen LogP contribution < -0.4 is 16.0 Å². The first-order chi connectivity index (χ1) is 8.82. The highest BCUT2D eigenvalue weighted by molar-refractivity contribution is 5.78. The van der Waals surface area contributed by atoms with Crippen molar-refractivity contribution in [3.63, 3.8) is 0 Å². The van der Waals surface area contributed by atoms with Crippen molar-refractivity contribution < 1.29 is 9.59 Å². The van der Waals surface area contributed by atoms with E-state index < -0.39 is 0 Å². The highest BCUT2D eigenvalue weighted by atomic mass is 16.2. The minimum Gasteiger partial charge on any atom is -0.356 e. The average Bonchev–Trinajstić information content (AvgIpc) is 2.31. The second-order valence-corrected chi connectivity index (χ2v) is 5.72. The molecule has 0 spiro atoms. The molecule has 5 nitrogen and oxygen atoms in total. The molecule has 19 heavy (non-hydrogen) atoms. The fourth-order valence-corrected chi connectivity index (χ4v) is 1.28. The molecule has 0 aliphatic rings. The summed E-state index contributed by atoms with van der Waals surface area (Å²) in [4.78, 5) is 23.0. The molecule has 3 N–H and O–H groups in total. The molecule has 0 aliphatic heterocycles. The van der Waals surface area contributed by atoms with E-state index in [1.165, 1.54) is 0 Å². The predicted molar refractivity (Wildman–Crippen MR) is 77.8 cm³/mol. The van der Waals surface area contributed by atoms with Crippen LogP contribution in [0.5, 0.6) is 0 Å². The van der Waals surface area contributed by atoms with E-state index in [0.29, 0.717) is 31.3 Å². The third-order valence-corrected chi connectivity index (χ3v) is 2.91. The third kappa shape index (κ3) is 10.5. The van der Waals surface area contributed by atoms with Gasteiger partial charge in [0.1, 0.15) is 0 Å². The standard InChI is InChI=1S/C14H29N3O2/c1-10(2)8-16-13(18)6-7-15-9-14(19)17-12(5)11(3)4/h10-12,15H,6-9H2,1-5H3,(H,16,18)(H,17,19). The molecule has 0 aliphatic carbocycles. The van der Waals surface area contributed by atoms with Crippen molar-refractivity contribution in [2.24, 2.45) is 11.8 Å². The van der Waals surface area contributed by atoms with Gasteiger partial charge in [-0.25, -0.2) is 0 Å². The summed E-state index contributed by atoms with van der Waals surface area (Å²) in [5, 5.41) is 8.72. The fourth-order valence-electron chi connectivity index (χ4n) is 1.28. The van der Waals surface area contributed by atoms with Crippen molar-refractivity contribution in [2.45, 2.75) is 47.1 Å². The molecule has 0 saturated heterocycles. The number of rotatable bonds is 9. The largest absolute Gasteiger partial charge is 0.356 e. The van der Waals surface area contributed by atoms with Crippen molar-refractivity contribution in [3.8, 4) is 0 Å². The average molecular weight is 271 g/mol. The molecule has 0 saturated carbocycles. The minimum atomic E-state index is -0.0243. The van der Waals surface area contributed by atoms with E-state index in [1.54, 1.807) is 0 Å². The molecule has 1 unspecified atom stereocenters. The van der Waals surface area contributed by atoms with Crippen molar-refractivity contribution in [1.82, 2.24) is 16.0 Å². The van der Waals surface area contributed by atoms with Gasteiger partial charge in [-0.3, -0.25) is 9.59 Å². The summed E-state index contributed by atoms with van der Waals surface area (Å²) in [6.07, 6.45) is 0.403. The number of nitrogens with one attached hydrogen (secondary N) is 3. The molecule has 5 heteroatoms. The maximum absolute atomic E-state index is 11.5. The van der Waals surface area contributed by atoms with Gasteiger partial charge in [-0.2, -0.15) is 0 Å². The maximum Gasteiger partial charge on any atom is 0.234 e. The summed E-state index contributed by atoms with van der Waals surface area (Å²) < 4.78 is 0. The van der Waals surface area contributed by atoms with E-state index in [1.807, 2.05) is 6.92 Å². The molecular formula is C14H29N3O2. The summed E-state index contributed by atoms with van der Waals surface area (Å²) in [5.41, 5.74) is 0. The van der Waals surface area contributed by atoms with Gasteiger partial charge in [0.05, 0.1) is 6.54 Å². The monoisotopic (exact) mass is 271 g/mol. The van der Waals surface area contributed by atoms with E-state index in [2.05, 4.69) is 43.6 Å². The van der Waals surface area contributed by atoms with Gasteiger partial charge in [-0.15, -0.1) is 0 Å². The molecule has 0 heterocycles. The Morgan fingerprint density at radius 3 is 2.16 bits per heavy atom. The Labute approximate surface area is 116 Å². The quantitative estimate of drug-likeness (QED) is 0.546. The molecule has 0 radical (unpaired) electrons. The lowest BCUT2D eigenvalue weighted by Gasteiger charge is -2.17. The Hall–Kier alpha value is -1.10. The van der Waals surface area contributed by atoms with Gasteiger partial charge in [0.15, 0.2) is 0 Å². The lowest BCUT2D eigenvalue weighted by atomic mass is 10.1. The zero-order valence-corrected chi connectivity index (χ0v) is 12.9. The highest BCUT2D eigenvalue weighted by Crippen LogP contribution is 1.98. The van der Waals surface area contributed by atoms with Gasteiger partial charge in [-0.1, -0.05) is 27.7 Å². The molecule has 112 valence electrons. The fraction of sp³-hybridized carbons (Fsp3) is 0.857. The summed E-state index contributed by atoms with van der Waals surface area (Å²) in [5.74, 6) is 0.881. The Bertz CT molecular complexity index is 278. The first-order valence-electron chi connectivity index (χ1n) is 7.09. The SMILES string of the molecule is CC(C)CNC(=O)CCNCC(=O)NC(C)C(C)C. The molecule has 0 fully saturated rings. The molecule has 0 aromatic rings. The van der Waals surface area contributed by atoms with E-state index >= 15 is 0 Å². The molecular weight excluding hydrogens is 242 g/mol. The van der Waals surface area contributed by atoms with Crippen LogP contribution >= 0.6 is 0 Å². The maximum atomic E-state index is 11.5. The topological polar surface area (TPSA) is 70.2 Å². The predicted octanol–water partition coefficient (Wildman–Crippen LogP) is 0.899. The molecule has 0 aromatic heterocycles. The van der Waals surface area contributed by atoms with Crippen LogP contribution in [0.3, 0.4) is 0 Å². The van der Waals surface area contributed by atoms with Crippen LogP contribution in [-0.4, -0.2) is 37.5 Å². The number of carbonyl (C=O) groups excluding carboxylic acids is 2. The van der Waals surface area contributed by atoms with Gasteiger partial charge in [0.2, 0.25) is 11.8 Å². The van der Waals surface area contributed by atoms with Crippen molar-refractivity contribution in [1.29, 1.82) is 0 Å². The van der Waals surface area contributed by atoms with E-state index in [0.717, 1.165) is 0 Å². The van der Waals surface area contributed by atoms with Crippen LogP contribution in [0, 0.1) is 11.8 Å². The number of hydrogen-bond acceptors (Lipinski definition) is 3. The molecule has 0 rings (SSSR count).